The van der Waals surface area contributed by atoms with Gasteiger partial charge in [0.05, 0.1) is 25.2 Å². The quantitative estimate of drug-likeness (QED) is 0.800. The lowest BCUT2D eigenvalue weighted by molar-refractivity contribution is -0.121. The molecule has 1 aromatic rings. The molecular weight excluding hydrogens is 342 g/mol. The minimum absolute atomic E-state index is 0.240. The van der Waals surface area contributed by atoms with Crippen LogP contribution in [0.1, 0.15) is 46.1 Å². The highest BCUT2D eigenvalue weighted by Crippen LogP contribution is 2.34. The molecule has 0 radical (unpaired) electrons. The van der Waals surface area contributed by atoms with Crippen LogP contribution >= 0.6 is 0 Å². The monoisotopic (exact) mass is 364 g/mol. The van der Waals surface area contributed by atoms with Crippen molar-refractivity contribution in [3.8, 4) is 0 Å². The number of carbonyl (C=O) groups is 1. The topological polar surface area (TPSA) is 80.5 Å². The fourth-order valence-corrected chi connectivity index (χ4v) is 3.96. The van der Waals surface area contributed by atoms with E-state index in [4.69, 9.17) is 4.52 Å². The number of hydrogen-bond donors (Lipinski definition) is 0. The van der Waals surface area contributed by atoms with E-state index in [1.54, 1.807) is 6.07 Å². The van der Waals surface area contributed by atoms with Gasteiger partial charge in [0.25, 0.3) is 5.92 Å². The Morgan fingerprint density at radius 1 is 1.29 bits per heavy atom. The standard InChI is InChI=1S/C15H22F2N2O4S/c1-13(2,3)12-7-10(18-23-12)6-11(20)14(4,5)24(21,22)19-8-15(16,17)9-19/h7H,6,8-9H2,1-5H3. The molecule has 1 aliphatic rings. The van der Waals surface area contributed by atoms with Crippen molar-refractivity contribution in [3.63, 3.8) is 0 Å². The van der Waals surface area contributed by atoms with Gasteiger partial charge < -0.3 is 4.52 Å². The second kappa shape index (κ2) is 5.59. The second-order valence-electron chi connectivity index (χ2n) is 7.67. The Balaban J connectivity index is 2.14. The first-order valence-electron chi connectivity index (χ1n) is 7.54. The summed E-state index contributed by atoms with van der Waals surface area (Å²) in [6.45, 7) is 6.43. The van der Waals surface area contributed by atoms with Crippen molar-refractivity contribution in [2.24, 2.45) is 0 Å². The SMILES string of the molecule is CC(C)(C)c1cc(CC(=O)C(C)(C)S(=O)(=O)N2CC(F)(F)C2)no1. The van der Waals surface area contributed by atoms with Gasteiger partial charge in [0.15, 0.2) is 5.78 Å². The van der Waals surface area contributed by atoms with E-state index in [0.29, 0.717) is 15.8 Å². The van der Waals surface area contributed by atoms with Crippen LogP contribution in [0.5, 0.6) is 0 Å². The van der Waals surface area contributed by atoms with Gasteiger partial charge in [-0.05, 0) is 13.8 Å². The van der Waals surface area contributed by atoms with Crippen molar-refractivity contribution in [1.82, 2.24) is 9.46 Å². The van der Waals surface area contributed by atoms with Crippen LogP contribution in [0.3, 0.4) is 0 Å². The highest BCUT2D eigenvalue weighted by atomic mass is 32.2. The van der Waals surface area contributed by atoms with E-state index in [9.17, 15) is 22.0 Å². The van der Waals surface area contributed by atoms with Gasteiger partial charge in [0, 0.05) is 11.5 Å². The van der Waals surface area contributed by atoms with Gasteiger partial charge >= 0.3 is 0 Å². The fraction of sp³-hybridized carbons (Fsp3) is 0.733. The van der Waals surface area contributed by atoms with E-state index in [2.05, 4.69) is 5.16 Å². The first-order chi connectivity index (χ1) is 10.7. The maximum Gasteiger partial charge on any atom is 0.275 e. The third-order valence-corrected chi connectivity index (χ3v) is 6.57. The van der Waals surface area contributed by atoms with Gasteiger partial charge in [-0.2, -0.15) is 4.31 Å². The van der Waals surface area contributed by atoms with E-state index < -0.39 is 39.6 Å². The summed E-state index contributed by atoms with van der Waals surface area (Å²) in [5, 5.41) is 3.80. The zero-order chi connectivity index (χ0) is 18.6. The van der Waals surface area contributed by atoms with Crippen molar-refractivity contribution < 1.29 is 26.5 Å². The molecule has 136 valence electrons. The molecule has 0 spiro atoms. The summed E-state index contributed by atoms with van der Waals surface area (Å²) in [5.74, 6) is -3.07. The molecular formula is C15H22F2N2O4S. The number of hydrogen-bond acceptors (Lipinski definition) is 5. The molecule has 0 N–H and O–H groups in total. The molecule has 2 heterocycles. The normalized spacial score (nSPS) is 19.1. The molecule has 0 bridgehead atoms. The molecule has 1 aromatic heterocycles. The minimum Gasteiger partial charge on any atom is -0.361 e. The predicted octanol–water partition coefficient (Wildman–Crippen LogP) is 2.14. The Labute approximate surface area is 140 Å². The summed E-state index contributed by atoms with van der Waals surface area (Å²) in [7, 11) is -4.17. The maximum atomic E-state index is 13.0. The third-order valence-electron chi connectivity index (χ3n) is 4.11. The van der Waals surface area contributed by atoms with Crippen LogP contribution in [0.25, 0.3) is 0 Å². The van der Waals surface area contributed by atoms with Crippen molar-refractivity contribution in [2.75, 3.05) is 13.1 Å². The molecule has 0 aromatic carbocycles. The van der Waals surface area contributed by atoms with Gasteiger partial charge in [0.1, 0.15) is 10.5 Å². The summed E-state index contributed by atoms with van der Waals surface area (Å²) in [4.78, 5) is 12.5. The molecule has 0 atom stereocenters. The number of Topliss-reactive ketones (excluding diaryl/α,β-unsaturated/α-hetero) is 1. The van der Waals surface area contributed by atoms with Gasteiger partial charge in [-0.1, -0.05) is 25.9 Å². The maximum absolute atomic E-state index is 13.0. The molecule has 6 nitrogen and oxygen atoms in total. The average Bonchev–Trinajstić information content (AvgIpc) is 2.83. The van der Waals surface area contributed by atoms with E-state index in [1.165, 1.54) is 13.8 Å². The Morgan fingerprint density at radius 2 is 1.83 bits per heavy atom. The molecule has 0 aliphatic carbocycles. The predicted molar refractivity (Wildman–Crippen MR) is 83.4 cm³/mol. The Hall–Kier alpha value is -1.35. The number of halogens is 2. The third kappa shape index (κ3) is 3.37. The van der Waals surface area contributed by atoms with Crippen molar-refractivity contribution in [2.45, 2.75) is 57.1 Å². The summed E-state index contributed by atoms with van der Waals surface area (Å²) in [5.41, 5.74) is 0.0289. The zero-order valence-corrected chi connectivity index (χ0v) is 15.2. The van der Waals surface area contributed by atoms with Crippen LogP contribution in [0, 0.1) is 0 Å². The fourth-order valence-electron chi connectivity index (χ4n) is 2.23. The lowest BCUT2D eigenvalue weighted by Crippen LogP contribution is -2.63. The molecule has 0 saturated carbocycles. The summed E-state index contributed by atoms with van der Waals surface area (Å²) >= 11 is 0. The van der Waals surface area contributed by atoms with Crippen molar-refractivity contribution in [1.29, 1.82) is 0 Å². The molecule has 0 amide bonds. The zero-order valence-electron chi connectivity index (χ0n) is 14.4. The minimum atomic E-state index is -4.17. The first kappa shape index (κ1) is 19.0. The van der Waals surface area contributed by atoms with Gasteiger partial charge in [0.2, 0.25) is 10.0 Å². The number of carbonyl (C=O) groups excluding carboxylic acids is 1. The van der Waals surface area contributed by atoms with E-state index in [1.807, 2.05) is 20.8 Å². The summed E-state index contributed by atoms with van der Waals surface area (Å²) < 4.78 is 54.8. The second-order valence-corrected chi connectivity index (χ2v) is 10.2. The van der Waals surface area contributed by atoms with E-state index in [0.717, 1.165) is 0 Å². The largest absolute Gasteiger partial charge is 0.361 e. The smallest absolute Gasteiger partial charge is 0.275 e. The lowest BCUT2D eigenvalue weighted by Gasteiger charge is -2.41. The van der Waals surface area contributed by atoms with Crippen LogP contribution in [0.15, 0.2) is 10.6 Å². The Morgan fingerprint density at radius 3 is 2.25 bits per heavy atom. The van der Waals surface area contributed by atoms with Crippen molar-refractivity contribution >= 4 is 15.8 Å². The van der Waals surface area contributed by atoms with Gasteiger partial charge in [-0.3, -0.25) is 4.79 Å². The molecule has 24 heavy (non-hydrogen) atoms. The molecule has 0 unspecified atom stereocenters. The average molecular weight is 364 g/mol. The van der Waals surface area contributed by atoms with Crippen LogP contribution in [0.4, 0.5) is 8.78 Å². The number of ketones is 1. The van der Waals surface area contributed by atoms with Crippen LogP contribution in [-0.2, 0) is 26.7 Å². The summed E-state index contributed by atoms with van der Waals surface area (Å²) in [6, 6.07) is 1.61. The molecule has 9 heteroatoms. The Kier molecular flexibility index (Phi) is 4.42. The molecule has 2 rings (SSSR count). The lowest BCUT2D eigenvalue weighted by atomic mass is 9.92. The number of alkyl halides is 2. The molecule has 1 fully saturated rings. The highest BCUT2D eigenvalue weighted by molar-refractivity contribution is 7.91. The van der Waals surface area contributed by atoms with Crippen LogP contribution in [-0.4, -0.2) is 47.4 Å². The van der Waals surface area contributed by atoms with E-state index in [-0.39, 0.29) is 11.8 Å². The Bertz CT molecular complexity index is 740. The van der Waals surface area contributed by atoms with Gasteiger partial charge in [-0.25, -0.2) is 17.2 Å². The van der Waals surface area contributed by atoms with E-state index >= 15 is 0 Å². The summed E-state index contributed by atoms with van der Waals surface area (Å²) in [6.07, 6.45) is -0.240. The number of sulfonamides is 1. The van der Waals surface area contributed by atoms with Crippen LogP contribution < -0.4 is 0 Å². The molecule has 1 saturated heterocycles. The molecule has 1 aliphatic heterocycles. The number of rotatable bonds is 5. The first-order valence-corrected chi connectivity index (χ1v) is 8.98. The highest BCUT2D eigenvalue weighted by Gasteiger charge is 2.55. The van der Waals surface area contributed by atoms with Gasteiger partial charge in [-0.15, -0.1) is 0 Å². The van der Waals surface area contributed by atoms with Crippen molar-refractivity contribution in [3.05, 3.63) is 17.5 Å². The number of aromatic nitrogens is 1. The number of nitrogens with zero attached hydrogens (tertiary/aromatic N) is 2. The van der Waals surface area contributed by atoms with Crippen LogP contribution in [0.2, 0.25) is 0 Å².